The maximum absolute atomic E-state index is 12.7. The van der Waals surface area contributed by atoms with Gasteiger partial charge in [-0.3, -0.25) is 9.59 Å². The lowest BCUT2D eigenvalue weighted by molar-refractivity contribution is -0.378. The van der Waals surface area contributed by atoms with Gasteiger partial charge in [-0.2, -0.15) is 0 Å². The van der Waals surface area contributed by atoms with E-state index in [1.165, 1.54) is 0 Å². The molecular weight excluding hydrogens is 936 g/mol. The van der Waals surface area contributed by atoms with E-state index in [4.69, 9.17) is 42.6 Å². The number of amides is 2. The van der Waals surface area contributed by atoms with Crippen molar-refractivity contribution in [2.45, 2.75) is 179 Å². The molecule has 0 saturated carbocycles. The number of nitrogens with one attached hydrogen (secondary N) is 2. The molecule has 0 unspecified atom stereocenters. The molecule has 31 nitrogen and oxygen atoms in total. The quantitative estimate of drug-likeness (QED) is 0.0606. The maximum Gasteiger partial charge on any atom is 0.364 e. The van der Waals surface area contributed by atoms with Crippen LogP contribution in [0.3, 0.4) is 0 Å². The SMILES string of the molecule is CC(=O)N[C@H]1[C@@H](O[C@@H]2[C@H](OC[C@H]3O[C@@H](O)[C@@H](O)[C@@H](O)[C@@H]3O)O[C@H](CO)[C@@H](O)[C@@H]2O)O[C@H](CO)[C@@H](O[C@@H]2O[C@H](CO[C@]3(C(=O)O)C[C@H](O)[C@@H](NC(C)=O)[C@H]([C@H](O)[C@H](O)CO)O3)[C@H](O)[C@H](O)[C@H]2O)[C@@H]1O. The lowest BCUT2D eigenvalue weighted by Gasteiger charge is -2.49. The Balaban J connectivity index is 1.34. The summed E-state index contributed by atoms with van der Waals surface area (Å²) in [6.45, 7) is -2.91. The van der Waals surface area contributed by atoms with E-state index in [9.17, 15) is 101 Å². The number of carboxylic acids is 1. The Labute approximate surface area is 384 Å². The van der Waals surface area contributed by atoms with Crippen LogP contribution in [0.15, 0.2) is 0 Å². The number of carbonyl (C=O) groups excluding carboxylic acids is 2. The van der Waals surface area contributed by atoms with E-state index in [0.717, 1.165) is 13.8 Å². The van der Waals surface area contributed by atoms with E-state index in [1.807, 2.05) is 0 Å². The van der Waals surface area contributed by atoms with Crippen LogP contribution in [0.25, 0.3) is 0 Å². The average molecular weight is 999 g/mol. The molecule has 394 valence electrons. The fourth-order valence-electron chi connectivity index (χ4n) is 8.30. The number of rotatable bonds is 18. The first kappa shape index (κ1) is 56.3. The number of aliphatic hydroxyl groups is 16. The van der Waals surface area contributed by atoms with Gasteiger partial charge in [0.15, 0.2) is 25.2 Å². The highest BCUT2D eigenvalue weighted by Gasteiger charge is 2.58. The highest BCUT2D eigenvalue weighted by atomic mass is 16.8. The van der Waals surface area contributed by atoms with E-state index in [0.29, 0.717) is 0 Å². The van der Waals surface area contributed by atoms with Crippen LogP contribution >= 0.6 is 0 Å². The van der Waals surface area contributed by atoms with Crippen molar-refractivity contribution < 1.29 is 144 Å². The molecule has 31 heteroatoms. The summed E-state index contributed by atoms with van der Waals surface area (Å²) in [5, 5.41) is 183. The fourth-order valence-corrected chi connectivity index (χ4v) is 8.30. The second-order valence-corrected chi connectivity index (χ2v) is 16.9. The number of ether oxygens (including phenoxy) is 9. The van der Waals surface area contributed by atoms with Gasteiger partial charge in [-0.25, -0.2) is 4.79 Å². The summed E-state index contributed by atoms with van der Waals surface area (Å²) in [7, 11) is 0. The molecule has 2 amide bonds. The Bertz CT molecular complexity index is 1660. The first-order valence-electron chi connectivity index (χ1n) is 21.2. The van der Waals surface area contributed by atoms with E-state index in [2.05, 4.69) is 10.6 Å². The van der Waals surface area contributed by atoms with E-state index < -0.39 is 216 Å². The minimum Gasteiger partial charge on any atom is -0.477 e. The van der Waals surface area contributed by atoms with Gasteiger partial charge in [0.2, 0.25) is 11.8 Å². The Morgan fingerprint density at radius 1 is 0.603 bits per heavy atom. The van der Waals surface area contributed by atoms with Gasteiger partial charge in [0, 0.05) is 20.3 Å². The number of carboxylic acid groups (broad SMARTS) is 1. The Morgan fingerprint density at radius 2 is 1.13 bits per heavy atom. The molecule has 0 aromatic rings. The van der Waals surface area contributed by atoms with Gasteiger partial charge in [0.05, 0.1) is 45.2 Å². The third kappa shape index (κ3) is 12.2. The molecule has 68 heavy (non-hydrogen) atoms. The number of aliphatic hydroxyl groups excluding tert-OH is 16. The first-order chi connectivity index (χ1) is 31.9. The number of hydrogen-bond acceptors (Lipinski definition) is 28. The van der Waals surface area contributed by atoms with Crippen molar-refractivity contribution >= 4 is 17.8 Å². The molecule has 5 aliphatic rings. The Hall–Kier alpha value is -2.59. The van der Waals surface area contributed by atoms with Crippen molar-refractivity contribution in [2.75, 3.05) is 33.0 Å². The zero-order chi connectivity index (χ0) is 50.7. The molecule has 0 bridgehead atoms. The monoisotopic (exact) mass is 998 g/mol. The van der Waals surface area contributed by atoms with E-state index in [1.54, 1.807) is 0 Å². The lowest BCUT2D eigenvalue weighted by atomic mass is 9.88. The molecule has 5 aliphatic heterocycles. The van der Waals surface area contributed by atoms with Gasteiger partial charge in [0.1, 0.15) is 116 Å². The van der Waals surface area contributed by atoms with Crippen LogP contribution < -0.4 is 10.6 Å². The summed E-state index contributed by atoms with van der Waals surface area (Å²) in [6, 6.07) is -3.35. The normalized spacial score (nSPS) is 46.6. The predicted molar refractivity (Wildman–Crippen MR) is 207 cm³/mol. The van der Waals surface area contributed by atoms with Crippen LogP contribution in [-0.2, 0) is 57.0 Å². The standard InChI is InChI=1S/C37H62N2O29/c1-9(43)38-17-11(45)3-37(36(58)59,68-30(17)19(47)12(46)4-40)61-8-16-22(50)25(53)28(56)34(65-16)66-29-14(6-42)64-33(18(23(29)51)39-10(2)44)67-31-26(54)20(48)13(5-41)63-35(31)60-7-15-21(49)24(52)27(55)32(57)62-15/h11-35,40-42,45-57H,3-8H2,1-2H3,(H,38,43)(H,39,44)(H,58,59)/t11-,12+,13+,14+,15+,16+,17+,18+,19+,20+,21+,22-,23+,24-,25-,26-,27-,28+,29+,30+,31-,32+,33+,34-,35+,37+/m0/s1. The first-order valence-corrected chi connectivity index (χ1v) is 21.2. The van der Waals surface area contributed by atoms with Crippen molar-refractivity contribution in [1.82, 2.24) is 10.6 Å². The molecule has 0 aromatic heterocycles. The third-order valence-electron chi connectivity index (χ3n) is 12.1. The molecule has 5 heterocycles. The molecule has 5 fully saturated rings. The van der Waals surface area contributed by atoms with Crippen molar-refractivity contribution in [1.29, 1.82) is 0 Å². The van der Waals surface area contributed by atoms with Gasteiger partial charge >= 0.3 is 5.97 Å². The number of hydrogen-bond donors (Lipinski definition) is 19. The molecule has 5 rings (SSSR count). The molecule has 5 saturated heterocycles. The Morgan fingerprint density at radius 3 is 1.71 bits per heavy atom. The van der Waals surface area contributed by atoms with Gasteiger partial charge in [-0.15, -0.1) is 0 Å². The Kier molecular flexibility index (Phi) is 19.7. The van der Waals surface area contributed by atoms with E-state index in [-0.39, 0.29) is 0 Å². The van der Waals surface area contributed by atoms with Gasteiger partial charge in [-0.05, 0) is 0 Å². The van der Waals surface area contributed by atoms with Gasteiger partial charge < -0.3 is 140 Å². The second-order valence-electron chi connectivity index (χ2n) is 16.9. The summed E-state index contributed by atoms with van der Waals surface area (Å²) in [5.41, 5.74) is 0. The summed E-state index contributed by atoms with van der Waals surface area (Å²) >= 11 is 0. The average Bonchev–Trinajstić information content (AvgIpc) is 3.29. The molecule has 0 aromatic carbocycles. The van der Waals surface area contributed by atoms with Crippen molar-refractivity contribution in [2.24, 2.45) is 0 Å². The van der Waals surface area contributed by atoms with Crippen LogP contribution in [0.2, 0.25) is 0 Å². The summed E-state index contributed by atoms with van der Waals surface area (Å²) in [4.78, 5) is 37.1. The van der Waals surface area contributed by atoms with Crippen LogP contribution in [0, 0.1) is 0 Å². The third-order valence-corrected chi connectivity index (χ3v) is 12.1. The minimum absolute atomic E-state index is 0.772. The van der Waals surface area contributed by atoms with Crippen molar-refractivity contribution in [3.8, 4) is 0 Å². The highest BCUT2D eigenvalue weighted by molar-refractivity contribution is 5.76. The summed E-state index contributed by atoms with van der Waals surface area (Å²) < 4.78 is 50.5. The van der Waals surface area contributed by atoms with Crippen LogP contribution in [-0.4, -0.2) is 297 Å². The molecule has 0 spiro atoms. The minimum atomic E-state index is -2.96. The highest BCUT2D eigenvalue weighted by Crippen LogP contribution is 2.37. The number of carbonyl (C=O) groups is 3. The molecule has 0 aliphatic carbocycles. The summed E-state index contributed by atoms with van der Waals surface area (Å²) in [6.07, 6.45) is -45.6. The summed E-state index contributed by atoms with van der Waals surface area (Å²) in [5.74, 6) is -6.55. The predicted octanol–water partition coefficient (Wildman–Crippen LogP) is -12.4. The van der Waals surface area contributed by atoms with Crippen LogP contribution in [0.5, 0.6) is 0 Å². The fraction of sp³-hybridized carbons (Fsp3) is 0.919. The molecular formula is C37H62N2O29. The van der Waals surface area contributed by atoms with Crippen molar-refractivity contribution in [3.05, 3.63) is 0 Å². The smallest absolute Gasteiger partial charge is 0.364 e. The zero-order valence-electron chi connectivity index (χ0n) is 36.2. The second kappa shape index (κ2) is 23.8. The largest absolute Gasteiger partial charge is 0.477 e. The van der Waals surface area contributed by atoms with Crippen LogP contribution in [0.4, 0.5) is 0 Å². The molecule has 19 N–H and O–H groups in total. The zero-order valence-corrected chi connectivity index (χ0v) is 36.2. The molecule has 26 atom stereocenters. The maximum atomic E-state index is 12.7. The topological polar surface area (TPSA) is 502 Å². The van der Waals surface area contributed by atoms with Gasteiger partial charge in [0.25, 0.3) is 5.79 Å². The van der Waals surface area contributed by atoms with Gasteiger partial charge in [-0.1, -0.05) is 0 Å². The molecule has 0 radical (unpaired) electrons. The van der Waals surface area contributed by atoms with Crippen molar-refractivity contribution in [3.63, 3.8) is 0 Å². The number of aliphatic carboxylic acids is 1. The van der Waals surface area contributed by atoms with E-state index >= 15 is 0 Å². The van der Waals surface area contributed by atoms with Crippen LogP contribution in [0.1, 0.15) is 20.3 Å². The lowest BCUT2D eigenvalue weighted by Crippen LogP contribution is -2.69.